The standard InChI is InChI=1S/C12H18N2O3/c1-12(2,13-3)11(16)14-9-7-8(17-4)5-6-10(9)15/h5-7,13,15H,1-4H3,(H,14,16). The average molecular weight is 238 g/mol. The van der Waals surface area contributed by atoms with Crippen molar-refractivity contribution in [1.29, 1.82) is 0 Å². The van der Waals surface area contributed by atoms with Crippen molar-refractivity contribution in [2.45, 2.75) is 19.4 Å². The predicted octanol–water partition coefficient (Wildman–Crippen LogP) is 1.34. The fourth-order valence-electron chi connectivity index (χ4n) is 1.13. The Morgan fingerprint density at radius 2 is 2.06 bits per heavy atom. The second-order valence-corrected chi connectivity index (χ2v) is 4.21. The first-order valence-corrected chi connectivity index (χ1v) is 5.28. The molecule has 94 valence electrons. The smallest absolute Gasteiger partial charge is 0.244 e. The zero-order chi connectivity index (χ0) is 13.1. The lowest BCUT2D eigenvalue weighted by Gasteiger charge is -2.23. The zero-order valence-electron chi connectivity index (χ0n) is 10.5. The molecule has 0 aliphatic rings. The van der Waals surface area contributed by atoms with Gasteiger partial charge in [0.1, 0.15) is 11.5 Å². The number of hydrogen-bond acceptors (Lipinski definition) is 4. The first-order valence-electron chi connectivity index (χ1n) is 5.28. The average Bonchev–Trinajstić information content (AvgIpc) is 2.31. The van der Waals surface area contributed by atoms with Crippen LogP contribution in [0.4, 0.5) is 5.69 Å². The number of ether oxygens (including phenoxy) is 1. The molecule has 0 spiro atoms. The maximum absolute atomic E-state index is 11.9. The van der Waals surface area contributed by atoms with Crippen LogP contribution in [-0.2, 0) is 4.79 Å². The maximum Gasteiger partial charge on any atom is 0.244 e. The van der Waals surface area contributed by atoms with Crippen molar-refractivity contribution in [2.24, 2.45) is 0 Å². The van der Waals surface area contributed by atoms with Crippen molar-refractivity contribution in [3.05, 3.63) is 18.2 Å². The van der Waals surface area contributed by atoms with Gasteiger partial charge in [0, 0.05) is 6.07 Å². The monoisotopic (exact) mass is 238 g/mol. The number of anilines is 1. The van der Waals surface area contributed by atoms with Gasteiger partial charge in [-0.25, -0.2) is 0 Å². The van der Waals surface area contributed by atoms with Gasteiger partial charge in [-0.2, -0.15) is 0 Å². The van der Waals surface area contributed by atoms with E-state index in [1.807, 2.05) is 0 Å². The van der Waals surface area contributed by atoms with Crippen molar-refractivity contribution in [3.8, 4) is 11.5 Å². The fraction of sp³-hybridized carbons (Fsp3) is 0.417. The zero-order valence-corrected chi connectivity index (χ0v) is 10.5. The lowest BCUT2D eigenvalue weighted by Crippen LogP contribution is -2.47. The van der Waals surface area contributed by atoms with Crippen molar-refractivity contribution >= 4 is 11.6 Å². The van der Waals surface area contributed by atoms with Crippen LogP contribution in [0.25, 0.3) is 0 Å². The number of aromatic hydroxyl groups is 1. The van der Waals surface area contributed by atoms with Crippen LogP contribution in [0, 0.1) is 0 Å². The van der Waals surface area contributed by atoms with E-state index < -0.39 is 5.54 Å². The minimum atomic E-state index is -0.713. The Kier molecular flexibility index (Phi) is 3.96. The molecule has 0 saturated carbocycles. The summed E-state index contributed by atoms with van der Waals surface area (Å²) in [5.74, 6) is 0.343. The van der Waals surface area contributed by atoms with Crippen molar-refractivity contribution < 1.29 is 14.6 Å². The van der Waals surface area contributed by atoms with Crippen LogP contribution in [0.3, 0.4) is 0 Å². The van der Waals surface area contributed by atoms with Gasteiger partial charge in [0.25, 0.3) is 0 Å². The Morgan fingerprint density at radius 1 is 1.41 bits per heavy atom. The number of nitrogens with one attached hydrogen (secondary N) is 2. The molecule has 1 aromatic carbocycles. The summed E-state index contributed by atoms with van der Waals surface area (Å²) in [5.41, 5.74) is -0.382. The lowest BCUT2D eigenvalue weighted by atomic mass is 10.1. The molecule has 0 radical (unpaired) electrons. The molecule has 0 bridgehead atoms. The normalized spacial score (nSPS) is 11.1. The molecule has 0 aromatic heterocycles. The first-order chi connectivity index (χ1) is 7.90. The van der Waals surface area contributed by atoms with Crippen molar-refractivity contribution in [2.75, 3.05) is 19.5 Å². The summed E-state index contributed by atoms with van der Waals surface area (Å²) in [5, 5.41) is 15.2. The van der Waals surface area contributed by atoms with Gasteiger partial charge in [-0.3, -0.25) is 4.79 Å². The number of phenolic OH excluding ortho intramolecular Hbond substituents is 1. The summed E-state index contributed by atoms with van der Waals surface area (Å²) >= 11 is 0. The molecule has 1 rings (SSSR count). The molecule has 0 fully saturated rings. The Labute approximate surface area is 101 Å². The molecule has 0 heterocycles. The highest BCUT2D eigenvalue weighted by atomic mass is 16.5. The summed E-state index contributed by atoms with van der Waals surface area (Å²) in [7, 11) is 3.22. The van der Waals surface area contributed by atoms with E-state index in [1.165, 1.54) is 13.2 Å². The van der Waals surface area contributed by atoms with Crippen LogP contribution in [0.2, 0.25) is 0 Å². The van der Waals surface area contributed by atoms with E-state index in [4.69, 9.17) is 4.74 Å². The van der Waals surface area contributed by atoms with Gasteiger partial charge in [0.15, 0.2) is 0 Å². The molecule has 0 unspecified atom stereocenters. The Bertz CT molecular complexity index is 416. The largest absolute Gasteiger partial charge is 0.506 e. The topological polar surface area (TPSA) is 70.6 Å². The summed E-state index contributed by atoms with van der Waals surface area (Å²) in [6.07, 6.45) is 0. The number of likely N-dealkylation sites (N-methyl/N-ethyl adjacent to an activating group) is 1. The van der Waals surface area contributed by atoms with Crippen LogP contribution in [0.1, 0.15) is 13.8 Å². The molecule has 0 aliphatic heterocycles. The van der Waals surface area contributed by atoms with E-state index in [1.54, 1.807) is 33.0 Å². The molecule has 5 heteroatoms. The molecular formula is C12H18N2O3. The van der Waals surface area contributed by atoms with Gasteiger partial charge in [0.2, 0.25) is 5.91 Å². The number of amides is 1. The predicted molar refractivity (Wildman–Crippen MR) is 66.4 cm³/mol. The van der Waals surface area contributed by atoms with Gasteiger partial charge in [-0.1, -0.05) is 0 Å². The lowest BCUT2D eigenvalue weighted by molar-refractivity contribution is -0.121. The number of rotatable bonds is 4. The van der Waals surface area contributed by atoms with Gasteiger partial charge in [0.05, 0.1) is 18.3 Å². The highest BCUT2D eigenvalue weighted by molar-refractivity contribution is 5.98. The third-order valence-corrected chi connectivity index (χ3v) is 2.64. The summed E-state index contributed by atoms with van der Waals surface area (Å²) in [4.78, 5) is 11.9. The quantitative estimate of drug-likeness (QED) is 0.692. The summed E-state index contributed by atoms with van der Waals surface area (Å²) in [6.45, 7) is 3.50. The minimum absolute atomic E-state index is 0.00560. The highest BCUT2D eigenvalue weighted by Crippen LogP contribution is 2.28. The van der Waals surface area contributed by atoms with Crippen LogP contribution in [-0.4, -0.2) is 30.7 Å². The van der Waals surface area contributed by atoms with E-state index >= 15 is 0 Å². The van der Waals surface area contributed by atoms with E-state index in [9.17, 15) is 9.90 Å². The third-order valence-electron chi connectivity index (χ3n) is 2.64. The SMILES string of the molecule is CNC(C)(C)C(=O)Nc1cc(OC)ccc1O. The second kappa shape index (κ2) is 5.05. The van der Waals surface area contributed by atoms with Crippen molar-refractivity contribution in [3.63, 3.8) is 0 Å². The minimum Gasteiger partial charge on any atom is -0.506 e. The van der Waals surface area contributed by atoms with Gasteiger partial charge in [-0.05, 0) is 33.0 Å². The molecule has 0 atom stereocenters. The number of methoxy groups -OCH3 is 1. The van der Waals surface area contributed by atoms with Crippen LogP contribution >= 0.6 is 0 Å². The maximum atomic E-state index is 11.9. The van der Waals surface area contributed by atoms with Crippen molar-refractivity contribution in [1.82, 2.24) is 5.32 Å². The second-order valence-electron chi connectivity index (χ2n) is 4.21. The molecular weight excluding hydrogens is 220 g/mol. The van der Waals surface area contributed by atoms with Gasteiger partial charge < -0.3 is 20.5 Å². The van der Waals surface area contributed by atoms with Crippen LogP contribution in [0.5, 0.6) is 11.5 Å². The molecule has 5 nitrogen and oxygen atoms in total. The Hall–Kier alpha value is -1.75. The van der Waals surface area contributed by atoms with E-state index in [-0.39, 0.29) is 11.7 Å². The third kappa shape index (κ3) is 3.10. The fourth-order valence-corrected chi connectivity index (χ4v) is 1.13. The number of hydrogen-bond donors (Lipinski definition) is 3. The summed E-state index contributed by atoms with van der Waals surface area (Å²) in [6, 6.07) is 4.66. The van der Waals surface area contributed by atoms with E-state index in [2.05, 4.69) is 10.6 Å². The molecule has 0 saturated heterocycles. The van der Waals surface area contributed by atoms with Gasteiger partial charge in [-0.15, -0.1) is 0 Å². The molecule has 0 aliphatic carbocycles. The molecule has 1 amide bonds. The number of carbonyl (C=O) groups is 1. The summed E-state index contributed by atoms with van der Waals surface area (Å²) < 4.78 is 5.03. The number of carbonyl (C=O) groups excluding carboxylic acids is 1. The molecule has 17 heavy (non-hydrogen) atoms. The Balaban J connectivity index is 2.91. The van der Waals surface area contributed by atoms with E-state index in [0.29, 0.717) is 11.4 Å². The molecule has 3 N–H and O–H groups in total. The first kappa shape index (κ1) is 13.3. The van der Waals surface area contributed by atoms with Crippen LogP contribution < -0.4 is 15.4 Å². The van der Waals surface area contributed by atoms with E-state index in [0.717, 1.165) is 0 Å². The van der Waals surface area contributed by atoms with Gasteiger partial charge >= 0.3 is 0 Å². The number of benzene rings is 1. The molecule has 1 aromatic rings. The highest BCUT2D eigenvalue weighted by Gasteiger charge is 2.25. The number of phenols is 1. The Morgan fingerprint density at radius 3 is 2.59 bits per heavy atom. The van der Waals surface area contributed by atoms with Crippen LogP contribution in [0.15, 0.2) is 18.2 Å².